The molecule has 1 atom stereocenters. The molecule has 0 bridgehead atoms. The third kappa shape index (κ3) is 4.16. The second kappa shape index (κ2) is 8.55. The minimum Gasteiger partial charge on any atom is -0.301 e. The van der Waals surface area contributed by atoms with Crippen LogP contribution in [0.4, 0.5) is 5.13 Å². The van der Waals surface area contributed by atoms with Gasteiger partial charge in [0.25, 0.3) is 0 Å². The molecular weight excluding hydrogens is 468 g/mol. The van der Waals surface area contributed by atoms with Crippen LogP contribution in [0.5, 0.6) is 0 Å². The zero-order chi connectivity index (χ0) is 21.4. The second-order valence-corrected chi connectivity index (χ2v) is 10.4. The minimum absolute atomic E-state index is 0.112. The summed E-state index contributed by atoms with van der Waals surface area (Å²) >= 11 is 10.5. The molecule has 0 radical (unpaired) electrons. The molecule has 3 heterocycles. The summed E-state index contributed by atoms with van der Waals surface area (Å²) in [6.07, 6.45) is 1.55. The Labute approximate surface area is 195 Å². The molecule has 0 saturated carbocycles. The molecule has 0 fully saturated rings. The zero-order valence-corrected chi connectivity index (χ0v) is 19.4. The van der Waals surface area contributed by atoms with Gasteiger partial charge in [-0.05, 0) is 36.8 Å². The van der Waals surface area contributed by atoms with E-state index in [9.17, 15) is 4.79 Å². The van der Waals surface area contributed by atoms with Crippen LogP contribution in [0, 0.1) is 0 Å². The molecule has 1 amide bonds. The lowest BCUT2D eigenvalue weighted by atomic mass is 10.1. The van der Waals surface area contributed by atoms with E-state index in [1.165, 1.54) is 23.1 Å². The summed E-state index contributed by atoms with van der Waals surface area (Å²) in [5, 5.41) is 7.68. The number of thiophene rings is 1. The van der Waals surface area contributed by atoms with Crippen LogP contribution < -0.4 is 5.32 Å². The van der Waals surface area contributed by atoms with E-state index < -0.39 is 0 Å². The first-order chi connectivity index (χ1) is 15.1. The first-order valence-corrected chi connectivity index (χ1v) is 12.3. The Bertz CT molecular complexity index is 1360. The number of nitrogens with zero attached hydrogens (tertiary/aromatic N) is 3. The predicted octanol–water partition coefficient (Wildman–Crippen LogP) is 6.74. The van der Waals surface area contributed by atoms with Crippen molar-refractivity contribution >= 4 is 77.5 Å². The van der Waals surface area contributed by atoms with Gasteiger partial charge in [-0.1, -0.05) is 59.0 Å². The number of amides is 1. The molecule has 1 N–H and O–H groups in total. The quantitative estimate of drug-likeness (QED) is 0.222. The van der Waals surface area contributed by atoms with Crippen LogP contribution in [0.2, 0.25) is 5.02 Å². The Morgan fingerprint density at radius 2 is 1.94 bits per heavy atom. The number of benzene rings is 2. The summed E-state index contributed by atoms with van der Waals surface area (Å²) in [7, 11) is 0. The molecule has 1 unspecified atom stereocenters. The maximum absolute atomic E-state index is 12.8. The molecule has 31 heavy (non-hydrogen) atoms. The van der Waals surface area contributed by atoms with Crippen LogP contribution in [0.15, 0.2) is 65.3 Å². The van der Waals surface area contributed by atoms with E-state index in [0.717, 1.165) is 36.6 Å². The predicted molar refractivity (Wildman–Crippen MR) is 131 cm³/mol. The summed E-state index contributed by atoms with van der Waals surface area (Å²) in [6, 6.07) is 15.5. The topological polar surface area (TPSA) is 67.8 Å². The highest BCUT2D eigenvalue weighted by Gasteiger charge is 2.21. The molecule has 0 aliphatic heterocycles. The summed E-state index contributed by atoms with van der Waals surface area (Å²) in [6.45, 7) is 1.87. The van der Waals surface area contributed by atoms with Crippen LogP contribution in [0.3, 0.4) is 0 Å². The molecule has 154 valence electrons. The van der Waals surface area contributed by atoms with Crippen molar-refractivity contribution in [1.82, 2.24) is 15.0 Å². The van der Waals surface area contributed by atoms with Gasteiger partial charge in [0.05, 0.1) is 20.9 Å². The second-order valence-electron chi connectivity index (χ2n) is 6.75. The minimum atomic E-state index is -0.358. The average Bonchev–Trinajstić information content (AvgIpc) is 3.38. The molecule has 9 heteroatoms. The number of fused-ring (bicyclic) bond motifs is 2. The van der Waals surface area contributed by atoms with E-state index >= 15 is 0 Å². The number of nitrogens with one attached hydrogen (secondary N) is 1. The molecule has 0 spiro atoms. The van der Waals surface area contributed by atoms with Gasteiger partial charge < -0.3 is 5.32 Å². The van der Waals surface area contributed by atoms with Crippen molar-refractivity contribution in [3.8, 4) is 11.1 Å². The number of halogens is 1. The Balaban J connectivity index is 1.41. The Hall–Kier alpha value is -2.52. The van der Waals surface area contributed by atoms with E-state index in [4.69, 9.17) is 11.6 Å². The fourth-order valence-electron chi connectivity index (χ4n) is 3.13. The van der Waals surface area contributed by atoms with Gasteiger partial charge in [-0.2, -0.15) is 0 Å². The van der Waals surface area contributed by atoms with Crippen LogP contribution in [0.1, 0.15) is 6.92 Å². The van der Waals surface area contributed by atoms with E-state index in [1.807, 2.05) is 55.5 Å². The largest absolute Gasteiger partial charge is 0.301 e. The third-order valence-corrected chi connectivity index (χ3v) is 7.86. The molecule has 5 rings (SSSR count). The highest BCUT2D eigenvalue weighted by molar-refractivity contribution is 8.00. The number of thioether (sulfide) groups is 1. The monoisotopic (exact) mass is 482 g/mol. The fraction of sp³-hybridized carbons (Fsp3) is 0.0909. The van der Waals surface area contributed by atoms with E-state index in [0.29, 0.717) is 10.2 Å². The average molecular weight is 483 g/mol. The van der Waals surface area contributed by atoms with Crippen molar-refractivity contribution in [2.24, 2.45) is 0 Å². The van der Waals surface area contributed by atoms with Gasteiger partial charge in [0.15, 0.2) is 5.13 Å². The lowest BCUT2D eigenvalue weighted by Gasteiger charge is -2.11. The molecule has 2 aromatic carbocycles. The van der Waals surface area contributed by atoms with E-state index in [2.05, 4.69) is 25.6 Å². The lowest BCUT2D eigenvalue weighted by Crippen LogP contribution is -2.22. The van der Waals surface area contributed by atoms with E-state index in [-0.39, 0.29) is 11.2 Å². The first-order valence-electron chi connectivity index (χ1n) is 9.40. The van der Waals surface area contributed by atoms with Crippen molar-refractivity contribution in [3.05, 3.63) is 65.3 Å². The van der Waals surface area contributed by atoms with Gasteiger partial charge in [-0.25, -0.2) is 15.0 Å². The zero-order valence-electron chi connectivity index (χ0n) is 16.2. The molecule has 0 aliphatic rings. The van der Waals surface area contributed by atoms with Crippen molar-refractivity contribution in [2.75, 3.05) is 5.32 Å². The fourth-order valence-corrected chi connectivity index (χ4v) is 6.04. The number of thiazole rings is 1. The standard InChI is InChI=1S/C22H15ClN4OS3/c1-12(19(28)27-22-26-16-4-2-3-5-17(16)31-22)30-21-18-15(10-29-20(18)24-11-25-21)13-6-8-14(23)9-7-13/h2-12H,1H3,(H,26,27,28). The van der Waals surface area contributed by atoms with Crippen LogP contribution in [0.25, 0.3) is 31.6 Å². The molecule has 0 aliphatic carbocycles. The first kappa shape index (κ1) is 20.4. The summed E-state index contributed by atoms with van der Waals surface area (Å²) in [5.41, 5.74) is 2.96. The summed E-state index contributed by atoms with van der Waals surface area (Å²) < 4.78 is 1.04. The Morgan fingerprint density at radius 1 is 1.13 bits per heavy atom. The highest BCUT2D eigenvalue weighted by atomic mass is 35.5. The van der Waals surface area contributed by atoms with Crippen molar-refractivity contribution < 1.29 is 4.79 Å². The highest BCUT2D eigenvalue weighted by Crippen LogP contribution is 2.39. The Morgan fingerprint density at radius 3 is 2.74 bits per heavy atom. The van der Waals surface area contributed by atoms with E-state index in [1.54, 1.807) is 17.7 Å². The number of rotatable bonds is 5. The SMILES string of the molecule is CC(Sc1ncnc2scc(-c3ccc(Cl)cc3)c12)C(=O)Nc1nc2ccccc2s1. The number of carbonyl (C=O) groups is 1. The molecule has 5 aromatic rings. The molecule has 0 saturated heterocycles. The van der Waals surface area contributed by atoms with Gasteiger partial charge in [0.1, 0.15) is 16.2 Å². The van der Waals surface area contributed by atoms with Crippen LogP contribution in [-0.4, -0.2) is 26.1 Å². The van der Waals surface area contributed by atoms with Gasteiger partial charge >= 0.3 is 0 Å². The number of hydrogen-bond acceptors (Lipinski definition) is 7. The number of anilines is 1. The third-order valence-electron chi connectivity index (χ3n) is 4.67. The number of aromatic nitrogens is 3. The van der Waals surface area contributed by atoms with Gasteiger partial charge in [-0.15, -0.1) is 11.3 Å². The molecule has 5 nitrogen and oxygen atoms in total. The summed E-state index contributed by atoms with van der Waals surface area (Å²) in [4.78, 5) is 27.1. The number of para-hydroxylation sites is 1. The van der Waals surface area contributed by atoms with Crippen molar-refractivity contribution in [3.63, 3.8) is 0 Å². The normalized spacial score (nSPS) is 12.3. The molecular formula is C22H15ClN4OS3. The van der Waals surface area contributed by atoms with Crippen LogP contribution >= 0.6 is 46.0 Å². The molecule has 3 aromatic heterocycles. The van der Waals surface area contributed by atoms with Gasteiger partial charge in [-0.3, -0.25) is 4.79 Å². The van der Waals surface area contributed by atoms with Crippen molar-refractivity contribution in [1.29, 1.82) is 0 Å². The number of carbonyl (C=O) groups excluding carboxylic acids is 1. The van der Waals surface area contributed by atoms with Gasteiger partial charge in [0.2, 0.25) is 5.91 Å². The lowest BCUT2D eigenvalue weighted by molar-refractivity contribution is -0.115. The Kier molecular flexibility index (Phi) is 5.62. The van der Waals surface area contributed by atoms with Crippen LogP contribution in [-0.2, 0) is 4.79 Å². The maximum atomic E-state index is 12.8. The summed E-state index contributed by atoms with van der Waals surface area (Å²) in [5.74, 6) is -0.112. The van der Waals surface area contributed by atoms with Crippen molar-refractivity contribution in [2.45, 2.75) is 17.2 Å². The van der Waals surface area contributed by atoms with Gasteiger partial charge in [0, 0.05) is 16.0 Å². The smallest absolute Gasteiger partial charge is 0.239 e. The maximum Gasteiger partial charge on any atom is 0.239 e. The number of hydrogen-bond donors (Lipinski definition) is 1.